The summed E-state index contributed by atoms with van der Waals surface area (Å²) >= 11 is 7.99. The average Bonchev–Trinajstić information content (AvgIpc) is 2.73. The van der Waals surface area contributed by atoms with Gasteiger partial charge in [0.15, 0.2) is 0 Å². The molecule has 0 radical (unpaired) electrons. The molecular weight excluding hydrogens is 442 g/mol. The van der Waals surface area contributed by atoms with Crippen molar-refractivity contribution in [1.29, 1.82) is 0 Å². The second kappa shape index (κ2) is 6.33. The van der Waals surface area contributed by atoms with Crippen LogP contribution in [0, 0.1) is 6.92 Å². The quantitative estimate of drug-likeness (QED) is 0.718. The van der Waals surface area contributed by atoms with Crippen molar-refractivity contribution in [2.45, 2.75) is 18.4 Å². The molecule has 0 aliphatic heterocycles. The molecule has 0 fully saturated rings. The van der Waals surface area contributed by atoms with Crippen molar-refractivity contribution in [2.24, 2.45) is 0 Å². The number of hydrogen-bond acceptors (Lipinski definition) is 5. The van der Waals surface area contributed by atoms with Gasteiger partial charge in [0, 0.05) is 27.4 Å². The van der Waals surface area contributed by atoms with Crippen molar-refractivity contribution < 1.29 is 8.42 Å². The Labute approximate surface area is 144 Å². The maximum atomic E-state index is 12.7. The van der Waals surface area contributed by atoms with Crippen LogP contribution in [-0.4, -0.2) is 24.8 Å². The highest BCUT2D eigenvalue weighted by Crippen LogP contribution is 2.34. The molecule has 2 rings (SSSR count). The summed E-state index contributed by atoms with van der Waals surface area (Å²) in [6, 6.07) is 3.23. The summed E-state index contributed by atoms with van der Waals surface area (Å²) in [4.78, 5) is 5.12. The van der Waals surface area contributed by atoms with Crippen molar-refractivity contribution in [3.05, 3.63) is 37.2 Å². The van der Waals surface area contributed by atoms with E-state index in [1.165, 1.54) is 22.7 Å². The number of hydrogen-bond donors (Lipinski definition) is 1. The van der Waals surface area contributed by atoms with Crippen LogP contribution in [-0.2, 0) is 16.6 Å². The smallest absolute Gasteiger partial charge is 0.246 e. The Morgan fingerprint density at radius 3 is 2.57 bits per heavy atom. The van der Waals surface area contributed by atoms with E-state index >= 15 is 0 Å². The maximum Gasteiger partial charge on any atom is 0.246 e. The monoisotopic (exact) mass is 453 g/mol. The van der Waals surface area contributed by atoms with Crippen LogP contribution in [0.15, 0.2) is 31.5 Å². The normalized spacial score (nSPS) is 12.0. The van der Waals surface area contributed by atoms with Crippen LogP contribution in [0.1, 0.15) is 10.6 Å². The number of nitrogens with two attached hydrogens (primary N) is 1. The third-order valence-corrected chi connectivity index (χ3v) is 7.10. The van der Waals surface area contributed by atoms with Crippen LogP contribution in [0.2, 0.25) is 0 Å². The van der Waals surface area contributed by atoms with Gasteiger partial charge in [-0.25, -0.2) is 13.4 Å². The van der Waals surface area contributed by atoms with Gasteiger partial charge in [0.05, 0.1) is 16.9 Å². The predicted molar refractivity (Wildman–Crippen MR) is 91.8 cm³/mol. The summed E-state index contributed by atoms with van der Waals surface area (Å²) in [6.45, 7) is 2.12. The molecule has 0 amide bonds. The third kappa shape index (κ3) is 3.48. The molecular formula is C12H13Br2N3O2S2. The maximum absolute atomic E-state index is 12.7. The molecule has 2 N–H and O–H groups in total. The molecule has 1 aromatic carbocycles. The number of anilines is 1. The molecule has 0 atom stereocenters. The second-order valence-corrected chi connectivity index (χ2v) is 9.12. The van der Waals surface area contributed by atoms with Crippen LogP contribution < -0.4 is 5.73 Å². The minimum atomic E-state index is -3.69. The zero-order valence-corrected chi connectivity index (χ0v) is 16.1. The predicted octanol–water partition coefficient (Wildman–Crippen LogP) is 3.38. The number of thiazole rings is 1. The molecule has 0 unspecified atom stereocenters. The van der Waals surface area contributed by atoms with Gasteiger partial charge in [0.2, 0.25) is 10.0 Å². The number of halogens is 2. The number of sulfonamides is 1. The zero-order chi connectivity index (χ0) is 15.8. The van der Waals surface area contributed by atoms with Crippen molar-refractivity contribution >= 4 is 58.9 Å². The molecule has 21 heavy (non-hydrogen) atoms. The summed E-state index contributed by atoms with van der Waals surface area (Å²) in [5.41, 5.74) is 8.61. The Bertz CT molecular complexity index is 752. The molecule has 5 nitrogen and oxygen atoms in total. The molecule has 0 aliphatic rings. The number of nitrogen functional groups attached to an aromatic ring is 1. The third-order valence-electron chi connectivity index (χ3n) is 2.92. The lowest BCUT2D eigenvalue weighted by molar-refractivity contribution is 0.468. The van der Waals surface area contributed by atoms with Gasteiger partial charge in [-0.1, -0.05) is 15.9 Å². The number of aromatic nitrogens is 1. The van der Waals surface area contributed by atoms with Gasteiger partial charge in [-0.3, -0.25) is 0 Å². The Balaban J connectivity index is 2.40. The van der Waals surface area contributed by atoms with Crippen LogP contribution in [0.5, 0.6) is 0 Å². The van der Waals surface area contributed by atoms with Gasteiger partial charge >= 0.3 is 0 Å². The summed E-state index contributed by atoms with van der Waals surface area (Å²) in [5.74, 6) is 0. The summed E-state index contributed by atoms with van der Waals surface area (Å²) in [7, 11) is -2.16. The van der Waals surface area contributed by atoms with Gasteiger partial charge < -0.3 is 5.73 Å². The standard InChI is InChI=1S/C12H13Br2N3O2S2/c1-7-11(20-6-16-7)5-17(2)21(18,19)12-9(14)3-8(13)4-10(12)15/h3-4,6H,5,15H2,1-2H3. The van der Waals surface area contributed by atoms with Gasteiger partial charge in [0.1, 0.15) is 4.90 Å². The van der Waals surface area contributed by atoms with Gasteiger partial charge in [-0.15, -0.1) is 11.3 Å². The molecule has 0 spiro atoms. The molecule has 1 heterocycles. The van der Waals surface area contributed by atoms with Crippen molar-refractivity contribution in [3.63, 3.8) is 0 Å². The van der Waals surface area contributed by atoms with E-state index in [-0.39, 0.29) is 17.1 Å². The Kier molecular flexibility index (Phi) is 5.09. The van der Waals surface area contributed by atoms with Gasteiger partial charge in [0.25, 0.3) is 0 Å². The number of rotatable bonds is 4. The van der Waals surface area contributed by atoms with Crippen molar-refractivity contribution in [3.8, 4) is 0 Å². The number of nitrogens with zero attached hydrogens (tertiary/aromatic N) is 2. The van der Waals surface area contributed by atoms with E-state index in [0.29, 0.717) is 8.95 Å². The van der Waals surface area contributed by atoms with E-state index in [0.717, 1.165) is 10.6 Å². The highest BCUT2D eigenvalue weighted by Gasteiger charge is 2.27. The minimum Gasteiger partial charge on any atom is -0.398 e. The molecule has 0 bridgehead atoms. The van der Waals surface area contributed by atoms with Crippen LogP contribution >= 0.6 is 43.2 Å². The first-order valence-corrected chi connectivity index (χ1v) is 9.74. The molecule has 0 saturated heterocycles. The second-order valence-electron chi connectivity index (χ2n) is 4.43. The SMILES string of the molecule is Cc1ncsc1CN(C)S(=O)(=O)c1c(N)cc(Br)cc1Br. The highest BCUT2D eigenvalue weighted by molar-refractivity contribution is 9.11. The lowest BCUT2D eigenvalue weighted by atomic mass is 10.3. The number of benzene rings is 1. The largest absolute Gasteiger partial charge is 0.398 e. The van der Waals surface area contributed by atoms with Crippen molar-refractivity contribution in [2.75, 3.05) is 12.8 Å². The lowest BCUT2D eigenvalue weighted by Crippen LogP contribution is -2.27. The topological polar surface area (TPSA) is 76.3 Å². The fourth-order valence-electron chi connectivity index (χ4n) is 1.77. The molecule has 114 valence electrons. The van der Waals surface area contributed by atoms with E-state index in [9.17, 15) is 8.42 Å². The Morgan fingerprint density at radius 1 is 1.38 bits per heavy atom. The summed E-state index contributed by atoms with van der Waals surface area (Å²) < 4.78 is 27.8. The van der Waals surface area contributed by atoms with Crippen LogP contribution in [0.4, 0.5) is 5.69 Å². The first-order chi connectivity index (χ1) is 9.73. The van der Waals surface area contributed by atoms with E-state index in [4.69, 9.17) is 5.73 Å². The molecule has 1 aromatic heterocycles. The van der Waals surface area contributed by atoms with E-state index in [2.05, 4.69) is 36.8 Å². The number of aryl methyl sites for hydroxylation is 1. The highest BCUT2D eigenvalue weighted by atomic mass is 79.9. The van der Waals surface area contributed by atoms with Gasteiger partial charge in [-0.05, 0) is 35.0 Å². The zero-order valence-electron chi connectivity index (χ0n) is 11.3. The van der Waals surface area contributed by atoms with Crippen LogP contribution in [0.3, 0.4) is 0 Å². The van der Waals surface area contributed by atoms with Crippen LogP contribution in [0.25, 0.3) is 0 Å². The Morgan fingerprint density at radius 2 is 2.05 bits per heavy atom. The van der Waals surface area contributed by atoms with Crippen molar-refractivity contribution in [1.82, 2.24) is 9.29 Å². The molecule has 9 heteroatoms. The first-order valence-electron chi connectivity index (χ1n) is 5.83. The molecule has 0 saturated carbocycles. The fourth-order valence-corrected chi connectivity index (χ4v) is 5.83. The molecule has 2 aromatic rings. The lowest BCUT2D eigenvalue weighted by Gasteiger charge is -2.19. The fraction of sp³-hybridized carbons (Fsp3) is 0.250. The Hall–Kier alpha value is -0.480. The van der Waals surface area contributed by atoms with Gasteiger partial charge in [-0.2, -0.15) is 4.31 Å². The van der Waals surface area contributed by atoms with E-state index < -0.39 is 10.0 Å². The first kappa shape index (κ1) is 16.9. The minimum absolute atomic E-state index is 0.0790. The van der Waals surface area contributed by atoms with E-state index in [1.54, 1.807) is 17.6 Å². The van der Waals surface area contributed by atoms with E-state index in [1.807, 2.05) is 6.92 Å². The summed E-state index contributed by atoms with van der Waals surface area (Å²) in [6.07, 6.45) is 0. The summed E-state index contributed by atoms with van der Waals surface area (Å²) in [5, 5.41) is 0. The average molecular weight is 455 g/mol. The molecule has 0 aliphatic carbocycles.